The number of benzene rings is 2. The van der Waals surface area contributed by atoms with Crippen LogP contribution in [0.5, 0.6) is 5.75 Å². The molecule has 0 saturated heterocycles. The van der Waals surface area contributed by atoms with Crippen LogP contribution in [0.3, 0.4) is 0 Å². The molecule has 0 atom stereocenters. The van der Waals surface area contributed by atoms with Crippen LogP contribution in [-0.2, 0) is 5.88 Å². The van der Waals surface area contributed by atoms with Crippen LogP contribution in [0.2, 0.25) is 0 Å². The van der Waals surface area contributed by atoms with Gasteiger partial charge in [0, 0.05) is 17.5 Å². The third-order valence-electron chi connectivity index (χ3n) is 3.64. The van der Waals surface area contributed by atoms with Gasteiger partial charge < -0.3 is 4.74 Å². The Morgan fingerprint density at radius 3 is 2.43 bits per heavy atom. The lowest BCUT2D eigenvalue weighted by Crippen LogP contribution is -1.99. The quantitative estimate of drug-likeness (QED) is 0.661. The Morgan fingerprint density at radius 1 is 1.14 bits per heavy atom. The second-order valence-corrected chi connectivity index (χ2v) is 5.79. The average molecular weight is 307 g/mol. The van der Waals surface area contributed by atoms with Crippen LogP contribution < -0.4 is 4.74 Å². The van der Waals surface area contributed by atoms with Gasteiger partial charge in [-0.2, -0.15) is 0 Å². The second kappa shape index (κ2) is 6.48. The van der Waals surface area contributed by atoms with E-state index in [9.17, 15) is 4.39 Å². The molecule has 2 aromatic carbocycles. The van der Waals surface area contributed by atoms with E-state index in [-0.39, 0.29) is 11.7 Å². The van der Waals surface area contributed by atoms with E-state index >= 15 is 0 Å². The van der Waals surface area contributed by atoms with Gasteiger partial charge in [0.2, 0.25) is 0 Å². The van der Waals surface area contributed by atoms with Crippen molar-refractivity contribution in [1.82, 2.24) is 0 Å². The molecule has 0 aliphatic heterocycles. The summed E-state index contributed by atoms with van der Waals surface area (Å²) >= 11 is 6.07. The summed E-state index contributed by atoms with van der Waals surface area (Å²) in [6.07, 6.45) is 0. The summed E-state index contributed by atoms with van der Waals surface area (Å²) in [6.45, 7) is 5.99. The van der Waals surface area contributed by atoms with Gasteiger partial charge in [0.1, 0.15) is 11.6 Å². The molecule has 0 aliphatic rings. The first kappa shape index (κ1) is 15.8. The molecule has 0 N–H and O–H groups in total. The molecule has 0 aliphatic carbocycles. The Labute approximate surface area is 130 Å². The molecule has 0 aromatic heterocycles. The van der Waals surface area contributed by atoms with Crippen molar-refractivity contribution in [3.63, 3.8) is 0 Å². The summed E-state index contributed by atoms with van der Waals surface area (Å²) in [7, 11) is 1.56. The molecule has 0 amide bonds. The lowest BCUT2D eigenvalue weighted by molar-refractivity contribution is 0.412. The lowest BCUT2D eigenvalue weighted by Gasteiger charge is -2.16. The maximum Gasteiger partial charge on any atom is 0.130 e. The Balaban J connectivity index is 2.70. The molecule has 3 heteroatoms. The fraction of sp³-hybridized carbons (Fsp3) is 0.333. The van der Waals surface area contributed by atoms with Crippen LogP contribution >= 0.6 is 11.6 Å². The van der Waals surface area contributed by atoms with E-state index in [2.05, 4.69) is 6.07 Å². The molecule has 2 rings (SSSR count). The van der Waals surface area contributed by atoms with E-state index in [1.165, 1.54) is 6.07 Å². The summed E-state index contributed by atoms with van der Waals surface area (Å²) in [5.74, 6) is 0.825. The molecule has 0 saturated carbocycles. The molecule has 1 nitrogen and oxygen atoms in total. The van der Waals surface area contributed by atoms with Crippen LogP contribution in [0, 0.1) is 12.7 Å². The van der Waals surface area contributed by atoms with Crippen LogP contribution in [0.15, 0.2) is 30.3 Å². The zero-order valence-electron chi connectivity index (χ0n) is 12.8. The highest BCUT2D eigenvalue weighted by molar-refractivity contribution is 6.17. The second-order valence-electron chi connectivity index (χ2n) is 5.52. The molecule has 2 aromatic rings. The molecule has 0 spiro atoms. The maximum atomic E-state index is 14.1. The molecule has 0 bridgehead atoms. The van der Waals surface area contributed by atoms with Crippen LogP contribution in [-0.4, -0.2) is 7.11 Å². The van der Waals surface area contributed by atoms with Gasteiger partial charge in [-0.05, 0) is 35.6 Å². The first-order valence-electron chi connectivity index (χ1n) is 7.01. The largest absolute Gasteiger partial charge is 0.496 e. The Morgan fingerprint density at radius 2 is 1.86 bits per heavy atom. The van der Waals surface area contributed by atoms with E-state index in [4.69, 9.17) is 16.3 Å². The van der Waals surface area contributed by atoms with E-state index in [0.717, 1.165) is 22.3 Å². The van der Waals surface area contributed by atoms with Crippen molar-refractivity contribution in [2.24, 2.45) is 0 Å². The standard InChI is InChI=1S/C18H20ClFO/c1-11(2)15-8-16(18(21-4)9-17(15)20)14-6-5-12(3)7-13(14)10-19/h5-9,11H,10H2,1-4H3. The number of hydrogen-bond donors (Lipinski definition) is 0. The van der Waals surface area contributed by atoms with Crippen molar-refractivity contribution >= 4 is 11.6 Å². The fourth-order valence-electron chi connectivity index (χ4n) is 2.49. The Bertz CT molecular complexity index is 650. The van der Waals surface area contributed by atoms with E-state index < -0.39 is 0 Å². The zero-order valence-corrected chi connectivity index (χ0v) is 13.6. The molecule has 0 unspecified atom stereocenters. The highest BCUT2D eigenvalue weighted by atomic mass is 35.5. The van der Waals surface area contributed by atoms with Gasteiger partial charge in [0.05, 0.1) is 7.11 Å². The SMILES string of the molecule is COc1cc(F)c(C(C)C)cc1-c1ccc(C)cc1CCl. The van der Waals surface area contributed by atoms with Gasteiger partial charge in [-0.1, -0.05) is 37.6 Å². The number of methoxy groups -OCH3 is 1. The minimum Gasteiger partial charge on any atom is -0.496 e. The van der Waals surface area contributed by atoms with Crippen molar-refractivity contribution in [1.29, 1.82) is 0 Å². The van der Waals surface area contributed by atoms with Gasteiger partial charge >= 0.3 is 0 Å². The monoisotopic (exact) mass is 306 g/mol. The van der Waals surface area contributed by atoms with Gasteiger partial charge in [-0.3, -0.25) is 0 Å². The Kier molecular flexibility index (Phi) is 4.89. The number of rotatable bonds is 4. The van der Waals surface area contributed by atoms with Crippen molar-refractivity contribution < 1.29 is 9.13 Å². The van der Waals surface area contributed by atoms with Crippen molar-refractivity contribution in [2.75, 3.05) is 7.11 Å². The summed E-state index contributed by atoms with van der Waals surface area (Å²) in [5, 5.41) is 0. The third kappa shape index (κ3) is 3.21. The smallest absolute Gasteiger partial charge is 0.130 e. The molecular weight excluding hydrogens is 287 g/mol. The van der Waals surface area contributed by atoms with Gasteiger partial charge in [0.15, 0.2) is 0 Å². The van der Waals surface area contributed by atoms with E-state index in [0.29, 0.717) is 17.2 Å². The summed E-state index contributed by atoms with van der Waals surface area (Å²) < 4.78 is 19.5. The highest BCUT2D eigenvalue weighted by Gasteiger charge is 2.16. The molecular formula is C18H20ClFO. The number of hydrogen-bond acceptors (Lipinski definition) is 1. The fourth-order valence-corrected chi connectivity index (χ4v) is 2.71. The van der Waals surface area contributed by atoms with Crippen molar-refractivity contribution in [3.8, 4) is 16.9 Å². The zero-order chi connectivity index (χ0) is 15.6. The summed E-state index contributed by atoms with van der Waals surface area (Å²) in [5.41, 5.74) is 4.75. The summed E-state index contributed by atoms with van der Waals surface area (Å²) in [4.78, 5) is 0. The summed E-state index contributed by atoms with van der Waals surface area (Å²) in [6, 6.07) is 9.44. The van der Waals surface area contributed by atoms with Crippen LogP contribution in [0.1, 0.15) is 36.5 Å². The van der Waals surface area contributed by atoms with Crippen LogP contribution in [0.25, 0.3) is 11.1 Å². The topological polar surface area (TPSA) is 9.23 Å². The van der Waals surface area contributed by atoms with Gasteiger partial charge in [-0.15, -0.1) is 11.6 Å². The van der Waals surface area contributed by atoms with Crippen molar-refractivity contribution in [2.45, 2.75) is 32.6 Å². The maximum absolute atomic E-state index is 14.1. The Hall–Kier alpha value is -1.54. The van der Waals surface area contributed by atoms with Crippen LogP contribution in [0.4, 0.5) is 4.39 Å². The first-order valence-corrected chi connectivity index (χ1v) is 7.54. The lowest BCUT2D eigenvalue weighted by atomic mass is 9.93. The average Bonchev–Trinajstić information content (AvgIpc) is 2.46. The number of ether oxygens (including phenoxy) is 1. The van der Waals surface area contributed by atoms with Gasteiger partial charge in [0.25, 0.3) is 0 Å². The predicted octanol–water partition coefficient (Wildman–Crippen LogP) is 5.67. The molecule has 0 fully saturated rings. The van der Waals surface area contributed by atoms with E-state index in [1.54, 1.807) is 7.11 Å². The number of alkyl halides is 1. The van der Waals surface area contributed by atoms with Gasteiger partial charge in [-0.25, -0.2) is 4.39 Å². The molecule has 0 radical (unpaired) electrons. The number of halogens is 2. The minimum absolute atomic E-state index is 0.111. The predicted molar refractivity (Wildman–Crippen MR) is 86.8 cm³/mol. The first-order chi connectivity index (χ1) is 9.97. The third-order valence-corrected chi connectivity index (χ3v) is 3.92. The molecule has 0 heterocycles. The number of aryl methyl sites for hydroxylation is 1. The minimum atomic E-state index is -0.231. The normalized spacial score (nSPS) is 11.0. The van der Waals surface area contributed by atoms with E-state index in [1.807, 2.05) is 39.0 Å². The molecule has 21 heavy (non-hydrogen) atoms. The highest BCUT2D eigenvalue weighted by Crippen LogP contribution is 2.37. The molecule has 112 valence electrons. The van der Waals surface area contributed by atoms with Crippen molar-refractivity contribution in [3.05, 3.63) is 52.8 Å².